The van der Waals surface area contributed by atoms with Crippen LogP contribution in [0.1, 0.15) is 43.8 Å². The van der Waals surface area contributed by atoms with Crippen molar-refractivity contribution in [2.75, 3.05) is 6.61 Å². The van der Waals surface area contributed by atoms with Crippen LogP contribution in [0, 0.1) is 0 Å². The number of benzene rings is 1. The van der Waals surface area contributed by atoms with E-state index >= 15 is 0 Å². The molecule has 0 atom stereocenters. The van der Waals surface area contributed by atoms with Crippen molar-refractivity contribution in [2.24, 2.45) is 0 Å². The van der Waals surface area contributed by atoms with E-state index < -0.39 is 0 Å². The average molecular weight is 291 g/mol. The Morgan fingerprint density at radius 1 is 1.15 bits per heavy atom. The molecule has 1 aromatic heterocycles. The molecule has 3 nitrogen and oxygen atoms in total. The lowest BCUT2D eigenvalue weighted by Gasteiger charge is -2.11. The standard InChI is InChI=1S/C16H21NO2S/c1-4-9-18-14-7-5-6-8-15(14)19-10-13-11-20-16(17-13)12(2)3/h5-8,11-12H,4,9-10H2,1-3H3. The lowest BCUT2D eigenvalue weighted by molar-refractivity contribution is 0.260. The first-order valence-corrected chi connectivity index (χ1v) is 7.87. The Labute approximate surface area is 124 Å². The Kier molecular flexibility index (Phi) is 5.41. The molecule has 1 aromatic carbocycles. The third-order valence-corrected chi connectivity index (χ3v) is 3.94. The number of ether oxygens (including phenoxy) is 2. The van der Waals surface area contributed by atoms with E-state index in [9.17, 15) is 0 Å². The topological polar surface area (TPSA) is 31.4 Å². The van der Waals surface area contributed by atoms with Gasteiger partial charge in [0.1, 0.15) is 6.61 Å². The zero-order valence-electron chi connectivity index (χ0n) is 12.3. The molecule has 0 aliphatic carbocycles. The summed E-state index contributed by atoms with van der Waals surface area (Å²) < 4.78 is 11.5. The highest BCUT2D eigenvalue weighted by atomic mass is 32.1. The number of hydrogen-bond donors (Lipinski definition) is 0. The molecule has 0 saturated carbocycles. The van der Waals surface area contributed by atoms with Crippen molar-refractivity contribution in [3.8, 4) is 11.5 Å². The highest BCUT2D eigenvalue weighted by Gasteiger charge is 2.08. The minimum Gasteiger partial charge on any atom is -0.490 e. The van der Waals surface area contributed by atoms with Gasteiger partial charge in [-0.25, -0.2) is 4.98 Å². The van der Waals surface area contributed by atoms with E-state index in [2.05, 4.69) is 31.1 Å². The van der Waals surface area contributed by atoms with Crippen LogP contribution in [0.25, 0.3) is 0 Å². The van der Waals surface area contributed by atoms with Crippen molar-refractivity contribution >= 4 is 11.3 Å². The number of hydrogen-bond acceptors (Lipinski definition) is 4. The highest BCUT2D eigenvalue weighted by molar-refractivity contribution is 7.09. The monoisotopic (exact) mass is 291 g/mol. The van der Waals surface area contributed by atoms with E-state index in [1.807, 2.05) is 24.3 Å². The van der Waals surface area contributed by atoms with Crippen LogP contribution in [-0.4, -0.2) is 11.6 Å². The van der Waals surface area contributed by atoms with Gasteiger partial charge < -0.3 is 9.47 Å². The molecule has 108 valence electrons. The molecule has 4 heteroatoms. The third kappa shape index (κ3) is 3.97. The number of thiazole rings is 1. The number of aromatic nitrogens is 1. The van der Waals surface area contributed by atoms with Crippen molar-refractivity contribution in [3.05, 3.63) is 40.3 Å². The quantitative estimate of drug-likeness (QED) is 0.745. The summed E-state index contributed by atoms with van der Waals surface area (Å²) in [6.07, 6.45) is 0.984. The van der Waals surface area contributed by atoms with Crippen LogP contribution in [0.4, 0.5) is 0 Å². The largest absolute Gasteiger partial charge is 0.490 e. The van der Waals surface area contributed by atoms with Crippen LogP contribution in [-0.2, 0) is 6.61 Å². The minimum atomic E-state index is 0.467. The number of para-hydroxylation sites is 2. The van der Waals surface area contributed by atoms with Crippen LogP contribution in [0.15, 0.2) is 29.6 Å². The Bertz CT molecular complexity index is 537. The number of nitrogens with zero attached hydrogens (tertiary/aromatic N) is 1. The van der Waals surface area contributed by atoms with Crippen molar-refractivity contribution in [1.82, 2.24) is 4.98 Å². The molecule has 0 fully saturated rings. The second-order valence-electron chi connectivity index (χ2n) is 4.92. The molecule has 2 rings (SSSR count). The average Bonchev–Trinajstić information content (AvgIpc) is 2.93. The summed E-state index contributed by atoms with van der Waals surface area (Å²) >= 11 is 1.69. The van der Waals surface area contributed by atoms with E-state index in [0.717, 1.165) is 28.6 Å². The first-order chi connectivity index (χ1) is 9.70. The SMILES string of the molecule is CCCOc1ccccc1OCc1csc(C(C)C)n1. The van der Waals surface area contributed by atoms with Gasteiger partial charge in [-0.3, -0.25) is 0 Å². The van der Waals surface area contributed by atoms with Crippen molar-refractivity contribution in [3.63, 3.8) is 0 Å². The molecule has 2 aromatic rings. The summed E-state index contributed by atoms with van der Waals surface area (Å²) in [5.41, 5.74) is 0.976. The summed E-state index contributed by atoms with van der Waals surface area (Å²) in [7, 11) is 0. The maximum Gasteiger partial charge on any atom is 0.161 e. The lowest BCUT2D eigenvalue weighted by Crippen LogP contribution is -2.01. The van der Waals surface area contributed by atoms with Crippen LogP contribution in [0.5, 0.6) is 11.5 Å². The van der Waals surface area contributed by atoms with Gasteiger partial charge in [0.25, 0.3) is 0 Å². The molecule has 0 aliphatic rings. The van der Waals surface area contributed by atoms with Crippen LogP contribution >= 0.6 is 11.3 Å². The van der Waals surface area contributed by atoms with Crippen LogP contribution < -0.4 is 9.47 Å². The van der Waals surface area contributed by atoms with Gasteiger partial charge in [0, 0.05) is 11.3 Å². The fourth-order valence-corrected chi connectivity index (χ4v) is 2.53. The van der Waals surface area contributed by atoms with Gasteiger partial charge in [-0.05, 0) is 18.6 Å². The first-order valence-electron chi connectivity index (χ1n) is 6.99. The van der Waals surface area contributed by atoms with E-state index in [0.29, 0.717) is 19.1 Å². The second-order valence-corrected chi connectivity index (χ2v) is 5.81. The van der Waals surface area contributed by atoms with Crippen LogP contribution in [0.2, 0.25) is 0 Å². The summed E-state index contributed by atoms with van der Waals surface area (Å²) in [6, 6.07) is 7.78. The predicted molar refractivity (Wildman–Crippen MR) is 82.8 cm³/mol. The van der Waals surface area contributed by atoms with Gasteiger partial charge in [-0.1, -0.05) is 32.9 Å². The Hall–Kier alpha value is -1.55. The van der Waals surface area contributed by atoms with Gasteiger partial charge >= 0.3 is 0 Å². The molecule has 0 radical (unpaired) electrons. The van der Waals surface area contributed by atoms with E-state index in [-0.39, 0.29) is 0 Å². The molecule has 0 saturated heterocycles. The zero-order chi connectivity index (χ0) is 14.4. The fourth-order valence-electron chi connectivity index (χ4n) is 1.71. The fraction of sp³-hybridized carbons (Fsp3) is 0.438. The van der Waals surface area contributed by atoms with Gasteiger partial charge in [-0.2, -0.15) is 0 Å². The first kappa shape index (κ1) is 14.9. The normalized spacial score (nSPS) is 10.8. The van der Waals surface area contributed by atoms with Crippen molar-refractivity contribution < 1.29 is 9.47 Å². The van der Waals surface area contributed by atoms with Crippen molar-refractivity contribution in [1.29, 1.82) is 0 Å². The molecule has 20 heavy (non-hydrogen) atoms. The van der Waals surface area contributed by atoms with E-state index in [1.165, 1.54) is 0 Å². The highest BCUT2D eigenvalue weighted by Crippen LogP contribution is 2.28. The summed E-state index contributed by atoms with van der Waals surface area (Å²) in [5, 5.41) is 3.21. The molecule has 0 aliphatic heterocycles. The minimum absolute atomic E-state index is 0.467. The molecule has 0 bridgehead atoms. The van der Waals surface area contributed by atoms with Gasteiger partial charge in [0.05, 0.1) is 17.3 Å². The smallest absolute Gasteiger partial charge is 0.161 e. The lowest BCUT2D eigenvalue weighted by atomic mass is 10.2. The maximum atomic E-state index is 5.83. The van der Waals surface area contributed by atoms with Gasteiger partial charge in [0.2, 0.25) is 0 Å². The maximum absolute atomic E-state index is 5.83. The zero-order valence-corrected chi connectivity index (χ0v) is 13.1. The summed E-state index contributed by atoms with van der Waals surface area (Å²) in [4.78, 5) is 4.57. The molecule has 0 spiro atoms. The van der Waals surface area contributed by atoms with Gasteiger partial charge in [-0.15, -0.1) is 11.3 Å². The molecule has 0 N–H and O–H groups in total. The summed E-state index contributed by atoms with van der Waals surface area (Å²) in [5.74, 6) is 2.04. The molecule has 0 unspecified atom stereocenters. The molecular formula is C16H21NO2S. The van der Waals surface area contributed by atoms with E-state index in [4.69, 9.17) is 9.47 Å². The molecule has 1 heterocycles. The van der Waals surface area contributed by atoms with Crippen molar-refractivity contribution in [2.45, 2.75) is 39.7 Å². The Balaban J connectivity index is 1.99. The number of rotatable bonds is 7. The Morgan fingerprint density at radius 2 is 1.85 bits per heavy atom. The molecular weight excluding hydrogens is 270 g/mol. The molecule has 0 amide bonds. The predicted octanol–water partition coefficient (Wildman–Crippen LogP) is 4.63. The third-order valence-electron chi connectivity index (χ3n) is 2.75. The summed E-state index contributed by atoms with van der Waals surface area (Å²) in [6.45, 7) is 7.57. The Morgan fingerprint density at radius 3 is 2.45 bits per heavy atom. The van der Waals surface area contributed by atoms with E-state index in [1.54, 1.807) is 11.3 Å². The van der Waals surface area contributed by atoms with Gasteiger partial charge in [0.15, 0.2) is 11.5 Å². The van der Waals surface area contributed by atoms with Crippen LogP contribution in [0.3, 0.4) is 0 Å². The second kappa shape index (κ2) is 7.29.